The highest BCUT2D eigenvalue weighted by atomic mass is 15.0. The van der Waals surface area contributed by atoms with Crippen molar-refractivity contribution in [2.45, 2.75) is 25.7 Å². The molecular weight excluding hydrogens is 484 g/mol. The monoisotopic (exact) mass is 514 g/mol. The maximum absolute atomic E-state index is 2.43. The highest BCUT2D eigenvalue weighted by Gasteiger charge is 2.18. The maximum Gasteiger partial charge on any atom is 0.0541 e. The molecule has 1 aliphatic carbocycles. The number of benzene rings is 5. The van der Waals surface area contributed by atoms with Gasteiger partial charge in [-0.3, -0.25) is 0 Å². The molecule has 0 N–H and O–H groups in total. The van der Waals surface area contributed by atoms with Crippen LogP contribution in [0.4, 0.5) is 0 Å². The van der Waals surface area contributed by atoms with Crippen molar-refractivity contribution in [1.82, 2.24) is 9.13 Å². The molecule has 0 radical (unpaired) electrons. The average molecular weight is 515 g/mol. The third-order valence-corrected chi connectivity index (χ3v) is 8.53. The maximum atomic E-state index is 2.43. The van der Waals surface area contributed by atoms with E-state index < -0.39 is 0 Å². The number of para-hydroxylation sites is 3. The highest BCUT2D eigenvalue weighted by molar-refractivity contribution is 6.09. The Labute approximate surface area is 234 Å². The fourth-order valence-electron chi connectivity index (χ4n) is 6.58. The number of hydrogen-bond acceptors (Lipinski definition) is 0. The van der Waals surface area contributed by atoms with E-state index in [-0.39, 0.29) is 0 Å². The normalized spacial score (nSPS) is 12.9. The lowest BCUT2D eigenvalue weighted by Crippen LogP contribution is -2.00. The number of aromatic nitrogens is 2. The van der Waals surface area contributed by atoms with E-state index in [1.807, 2.05) is 0 Å². The summed E-state index contributed by atoms with van der Waals surface area (Å²) in [6.45, 7) is 0. The molecule has 0 spiro atoms. The summed E-state index contributed by atoms with van der Waals surface area (Å²) < 4.78 is 4.81. The second kappa shape index (κ2) is 9.43. The topological polar surface area (TPSA) is 9.86 Å². The molecule has 0 bridgehead atoms. The molecule has 0 amide bonds. The third-order valence-electron chi connectivity index (χ3n) is 8.53. The lowest BCUT2D eigenvalue weighted by molar-refractivity contribution is 0.951. The van der Waals surface area contributed by atoms with Crippen LogP contribution in [0.15, 0.2) is 127 Å². The number of hydrogen-bond donors (Lipinski definition) is 0. The van der Waals surface area contributed by atoms with Gasteiger partial charge in [0.15, 0.2) is 0 Å². The van der Waals surface area contributed by atoms with E-state index >= 15 is 0 Å². The van der Waals surface area contributed by atoms with Crippen molar-refractivity contribution in [2.24, 2.45) is 0 Å². The predicted octanol–water partition coefficient (Wildman–Crippen LogP) is 9.47. The van der Waals surface area contributed by atoms with Crippen LogP contribution in [0.5, 0.6) is 0 Å². The summed E-state index contributed by atoms with van der Waals surface area (Å²) in [5.74, 6) is 0. The first-order chi connectivity index (χ1) is 19.8. The summed E-state index contributed by atoms with van der Waals surface area (Å²) >= 11 is 0. The molecule has 0 saturated carbocycles. The van der Waals surface area contributed by atoms with Crippen LogP contribution >= 0.6 is 0 Å². The first-order valence-electron chi connectivity index (χ1n) is 14.3. The van der Waals surface area contributed by atoms with Gasteiger partial charge in [-0.1, -0.05) is 84.9 Å². The summed E-state index contributed by atoms with van der Waals surface area (Å²) in [5.41, 5.74) is 11.8. The lowest BCUT2D eigenvalue weighted by atomic mass is 10.0. The fraction of sp³-hybridized carbons (Fsp3) is 0.105. The number of aryl methyl sites for hydroxylation is 3. The van der Waals surface area contributed by atoms with Crippen LogP contribution in [-0.2, 0) is 19.3 Å². The molecule has 40 heavy (non-hydrogen) atoms. The molecule has 0 aliphatic heterocycles. The third kappa shape index (κ3) is 3.71. The van der Waals surface area contributed by atoms with E-state index in [1.54, 1.807) is 0 Å². The Morgan fingerprint density at radius 3 is 1.52 bits per heavy atom. The van der Waals surface area contributed by atoms with Crippen LogP contribution in [0, 0.1) is 0 Å². The van der Waals surface area contributed by atoms with E-state index in [0.717, 1.165) is 25.7 Å². The molecule has 7 aromatic rings. The largest absolute Gasteiger partial charge is 0.310 e. The summed E-state index contributed by atoms with van der Waals surface area (Å²) in [5, 5.41) is 3.99. The van der Waals surface area contributed by atoms with Gasteiger partial charge in [-0.2, -0.15) is 0 Å². The smallest absolute Gasteiger partial charge is 0.0541 e. The Morgan fingerprint density at radius 1 is 0.475 bits per heavy atom. The minimum atomic E-state index is 1.03. The molecule has 0 saturated heterocycles. The number of allylic oxidation sites excluding steroid dienone is 1. The second-order valence-electron chi connectivity index (χ2n) is 10.9. The highest BCUT2D eigenvalue weighted by Crippen LogP contribution is 2.34. The Bertz CT molecular complexity index is 1980. The van der Waals surface area contributed by atoms with Crippen molar-refractivity contribution in [3.05, 3.63) is 150 Å². The zero-order valence-corrected chi connectivity index (χ0v) is 22.4. The minimum Gasteiger partial charge on any atom is -0.310 e. The van der Waals surface area contributed by atoms with Crippen LogP contribution < -0.4 is 0 Å². The van der Waals surface area contributed by atoms with E-state index in [1.165, 1.54) is 66.5 Å². The van der Waals surface area contributed by atoms with Crippen molar-refractivity contribution < 1.29 is 0 Å². The van der Waals surface area contributed by atoms with Crippen LogP contribution in [0.1, 0.15) is 28.8 Å². The molecule has 2 heteroatoms. The number of fused-ring (bicyclic) bond motifs is 6. The van der Waals surface area contributed by atoms with E-state index in [4.69, 9.17) is 0 Å². The van der Waals surface area contributed by atoms with Gasteiger partial charge in [-0.15, -0.1) is 0 Å². The van der Waals surface area contributed by atoms with Crippen molar-refractivity contribution in [1.29, 1.82) is 0 Å². The average Bonchev–Trinajstić information content (AvgIpc) is 3.54. The molecule has 192 valence electrons. The van der Waals surface area contributed by atoms with Crippen LogP contribution in [0.3, 0.4) is 0 Å². The van der Waals surface area contributed by atoms with Crippen LogP contribution in [0.2, 0.25) is 0 Å². The number of nitrogens with zero attached hydrogens (tertiary/aromatic N) is 2. The van der Waals surface area contributed by atoms with Crippen molar-refractivity contribution in [3.63, 3.8) is 0 Å². The van der Waals surface area contributed by atoms with Crippen LogP contribution in [-0.4, -0.2) is 9.13 Å². The van der Waals surface area contributed by atoms with Gasteiger partial charge in [0.05, 0.1) is 16.6 Å². The van der Waals surface area contributed by atoms with Gasteiger partial charge in [0.1, 0.15) is 0 Å². The van der Waals surface area contributed by atoms with Gasteiger partial charge in [-0.05, 0) is 90.9 Å². The summed E-state index contributed by atoms with van der Waals surface area (Å²) in [7, 11) is 0. The molecule has 1 aliphatic rings. The molecular formula is C38H30N2. The van der Waals surface area contributed by atoms with Gasteiger partial charge < -0.3 is 9.13 Å². The molecule has 0 unspecified atom stereocenters. The van der Waals surface area contributed by atoms with E-state index in [0.29, 0.717) is 0 Å². The summed E-state index contributed by atoms with van der Waals surface area (Å²) in [6, 6.07) is 44.5. The molecule has 2 nitrogen and oxygen atoms in total. The lowest BCUT2D eigenvalue weighted by Gasteiger charge is -2.13. The first kappa shape index (κ1) is 23.1. The van der Waals surface area contributed by atoms with Gasteiger partial charge in [-0.25, -0.2) is 0 Å². The molecule has 2 aromatic heterocycles. The fourth-order valence-corrected chi connectivity index (χ4v) is 6.58. The van der Waals surface area contributed by atoms with E-state index in [2.05, 4.69) is 143 Å². The van der Waals surface area contributed by atoms with Crippen molar-refractivity contribution >= 4 is 38.8 Å². The molecule has 0 atom stereocenters. The Morgan fingerprint density at radius 2 is 0.950 bits per heavy atom. The Kier molecular flexibility index (Phi) is 5.44. The molecule has 8 rings (SSSR count). The SMILES string of the molecule is C1=Cc2c(c3ccccc3n2-c2ccc(CCc3ccc(-n4c5ccccc5c5ccccc54)cc3)cc2)CC1. The summed E-state index contributed by atoms with van der Waals surface area (Å²) in [4.78, 5) is 0. The summed E-state index contributed by atoms with van der Waals surface area (Å²) in [6.07, 6.45) is 8.90. The molecule has 5 aromatic carbocycles. The van der Waals surface area contributed by atoms with Crippen molar-refractivity contribution in [3.8, 4) is 11.4 Å². The first-order valence-corrected chi connectivity index (χ1v) is 14.3. The zero-order valence-electron chi connectivity index (χ0n) is 22.4. The zero-order chi connectivity index (χ0) is 26.5. The van der Waals surface area contributed by atoms with Crippen molar-refractivity contribution in [2.75, 3.05) is 0 Å². The quantitative estimate of drug-likeness (QED) is 0.216. The number of rotatable bonds is 5. The second-order valence-corrected chi connectivity index (χ2v) is 10.9. The van der Waals surface area contributed by atoms with Gasteiger partial charge in [0, 0.05) is 33.2 Å². The predicted molar refractivity (Wildman–Crippen MR) is 169 cm³/mol. The van der Waals surface area contributed by atoms with Crippen LogP contribution in [0.25, 0.3) is 50.2 Å². The van der Waals surface area contributed by atoms with Gasteiger partial charge in [0.2, 0.25) is 0 Å². The Hall–Kier alpha value is -4.82. The minimum absolute atomic E-state index is 1.03. The van der Waals surface area contributed by atoms with Gasteiger partial charge >= 0.3 is 0 Å². The molecule has 0 fully saturated rings. The molecule has 2 heterocycles. The van der Waals surface area contributed by atoms with E-state index in [9.17, 15) is 0 Å². The van der Waals surface area contributed by atoms with Gasteiger partial charge in [0.25, 0.3) is 0 Å². The Balaban J connectivity index is 1.04. The standard InChI is InChI=1S/C38H30N2/c1-5-13-35-31(9-1)32-10-2-6-14-36(32)39(35)29-23-19-27(20-24-29)17-18-28-21-25-30(26-22-28)40-37-15-7-3-11-33(37)34-12-4-8-16-38(34)40/h1-3,5-11,13-16,19-26H,4,12,17-18H2.